The SMILES string of the molecule is O=CN1CCN(CCCCc2c[nH]c3ccc(F)cc23)CC1. The lowest BCUT2D eigenvalue weighted by Gasteiger charge is -2.32. The maximum atomic E-state index is 13.3. The van der Waals surface area contributed by atoms with Crippen LogP contribution in [-0.4, -0.2) is 53.9 Å². The lowest BCUT2D eigenvalue weighted by molar-refractivity contribution is -0.119. The molecule has 22 heavy (non-hydrogen) atoms. The number of carbonyl (C=O) groups excluding carboxylic acids is 1. The van der Waals surface area contributed by atoms with E-state index >= 15 is 0 Å². The van der Waals surface area contributed by atoms with Gasteiger partial charge in [0.05, 0.1) is 0 Å². The first-order valence-corrected chi connectivity index (χ1v) is 7.93. The first kappa shape index (κ1) is 15.0. The number of rotatable bonds is 6. The molecule has 3 rings (SSSR count). The monoisotopic (exact) mass is 303 g/mol. The average molecular weight is 303 g/mol. The molecule has 1 aromatic carbocycles. The van der Waals surface area contributed by atoms with Crippen LogP contribution in [-0.2, 0) is 11.2 Å². The van der Waals surface area contributed by atoms with Crippen LogP contribution in [0.15, 0.2) is 24.4 Å². The van der Waals surface area contributed by atoms with E-state index in [2.05, 4.69) is 9.88 Å². The van der Waals surface area contributed by atoms with Crippen LogP contribution in [0.25, 0.3) is 10.9 Å². The van der Waals surface area contributed by atoms with E-state index < -0.39 is 0 Å². The van der Waals surface area contributed by atoms with Crippen LogP contribution < -0.4 is 0 Å². The molecule has 0 atom stereocenters. The minimum Gasteiger partial charge on any atom is -0.361 e. The van der Waals surface area contributed by atoms with Crippen molar-refractivity contribution < 1.29 is 9.18 Å². The van der Waals surface area contributed by atoms with Crippen molar-refractivity contribution in [2.24, 2.45) is 0 Å². The highest BCUT2D eigenvalue weighted by Gasteiger charge is 2.14. The molecule has 2 heterocycles. The van der Waals surface area contributed by atoms with Crippen LogP contribution in [0.4, 0.5) is 4.39 Å². The first-order valence-electron chi connectivity index (χ1n) is 7.93. The van der Waals surface area contributed by atoms with Crippen molar-refractivity contribution in [3.8, 4) is 0 Å². The summed E-state index contributed by atoms with van der Waals surface area (Å²) in [4.78, 5) is 18.1. The van der Waals surface area contributed by atoms with Crippen LogP contribution in [0.2, 0.25) is 0 Å². The number of halogens is 1. The number of amides is 1. The van der Waals surface area contributed by atoms with Gasteiger partial charge >= 0.3 is 0 Å². The van der Waals surface area contributed by atoms with E-state index in [-0.39, 0.29) is 5.82 Å². The van der Waals surface area contributed by atoms with Crippen molar-refractivity contribution in [1.29, 1.82) is 0 Å². The highest BCUT2D eigenvalue weighted by atomic mass is 19.1. The third-order valence-electron chi connectivity index (χ3n) is 4.46. The molecule has 0 radical (unpaired) electrons. The van der Waals surface area contributed by atoms with E-state index in [1.807, 2.05) is 11.1 Å². The van der Waals surface area contributed by atoms with E-state index in [9.17, 15) is 9.18 Å². The normalized spacial score (nSPS) is 16.3. The topological polar surface area (TPSA) is 39.3 Å². The molecule has 5 heteroatoms. The smallest absolute Gasteiger partial charge is 0.209 e. The number of hydrogen-bond donors (Lipinski definition) is 1. The third-order valence-corrected chi connectivity index (χ3v) is 4.46. The summed E-state index contributed by atoms with van der Waals surface area (Å²) < 4.78 is 13.3. The number of nitrogens with zero attached hydrogens (tertiary/aromatic N) is 2. The number of fused-ring (bicyclic) bond motifs is 1. The second-order valence-corrected chi connectivity index (χ2v) is 5.94. The number of aryl methyl sites for hydroxylation is 1. The van der Waals surface area contributed by atoms with Gasteiger partial charge in [-0.15, -0.1) is 0 Å². The number of aromatic nitrogens is 1. The summed E-state index contributed by atoms with van der Waals surface area (Å²) in [7, 11) is 0. The molecule has 1 N–H and O–H groups in total. The summed E-state index contributed by atoms with van der Waals surface area (Å²) in [6.07, 6.45) is 6.12. The number of hydrogen-bond acceptors (Lipinski definition) is 2. The van der Waals surface area contributed by atoms with E-state index in [1.165, 1.54) is 11.6 Å². The molecular weight excluding hydrogens is 281 g/mol. The van der Waals surface area contributed by atoms with Crippen molar-refractivity contribution in [2.75, 3.05) is 32.7 Å². The van der Waals surface area contributed by atoms with Gasteiger partial charge in [0.2, 0.25) is 6.41 Å². The van der Waals surface area contributed by atoms with Crippen LogP contribution in [0.3, 0.4) is 0 Å². The molecule has 1 amide bonds. The van der Waals surface area contributed by atoms with Gasteiger partial charge < -0.3 is 9.88 Å². The number of unbranched alkanes of at least 4 members (excludes halogenated alkanes) is 1. The molecule has 1 aromatic heterocycles. The Balaban J connectivity index is 1.45. The maximum absolute atomic E-state index is 13.3. The number of aromatic amines is 1. The van der Waals surface area contributed by atoms with Gasteiger partial charge in [0.15, 0.2) is 0 Å². The Morgan fingerprint density at radius 2 is 2.00 bits per heavy atom. The molecule has 1 aliphatic rings. The number of nitrogens with one attached hydrogen (secondary N) is 1. The lowest BCUT2D eigenvalue weighted by Crippen LogP contribution is -2.45. The largest absolute Gasteiger partial charge is 0.361 e. The second-order valence-electron chi connectivity index (χ2n) is 5.94. The summed E-state index contributed by atoms with van der Waals surface area (Å²) in [6, 6.07) is 4.89. The maximum Gasteiger partial charge on any atom is 0.209 e. The van der Waals surface area contributed by atoms with E-state index in [1.54, 1.807) is 12.1 Å². The first-order chi connectivity index (χ1) is 10.8. The minimum absolute atomic E-state index is 0.179. The van der Waals surface area contributed by atoms with Gasteiger partial charge in [-0.1, -0.05) is 0 Å². The Morgan fingerprint density at radius 1 is 1.18 bits per heavy atom. The van der Waals surface area contributed by atoms with Crippen molar-refractivity contribution in [3.05, 3.63) is 35.8 Å². The minimum atomic E-state index is -0.179. The van der Waals surface area contributed by atoms with Crippen LogP contribution in [0, 0.1) is 5.82 Å². The van der Waals surface area contributed by atoms with E-state index in [0.717, 1.165) is 69.3 Å². The van der Waals surface area contributed by atoms with Gasteiger partial charge in [0.1, 0.15) is 5.82 Å². The molecular formula is C17H22FN3O. The summed E-state index contributed by atoms with van der Waals surface area (Å²) in [5.74, 6) is -0.179. The van der Waals surface area contributed by atoms with Gasteiger partial charge in [-0.05, 0) is 49.6 Å². The number of H-pyrrole nitrogens is 1. The number of carbonyl (C=O) groups is 1. The van der Waals surface area contributed by atoms with E-state index in [4.69, 9.17) is 0 Å². The molecule has 1 aliphatic heterocycles. The zero-order valence-electron chi connectivity index (χ0n) is 12.7. The van der Waals surface area contributed by atoms with Crippen LogP contribution >= 0.6 is 0 Å². The fourth-order valence-corrected chi connectivity index (χ4v) is 3.10. The standard InChI is InChI=1S/C17H22FN3O/c18-15-4-5-17-16(11-15)14(12-19-17)3-1-2-6-20-7-9-21(13-22)10-8-20/h4-5,11-13,19H,1-3,6-10H2. The fraction of sp³-hybridized carbons (Fsp3) is 0.471. The zero-order chi connectivity index (χ0) is 15.4. The molecule has 118 valence electrons. The van der Waals surface area contributed by atoms with Gasteiger partial charge in [-0.25, -0.2) is 4.39 Å². The average Bonchev–Trinajstić information content (AvgIpc) is 2.94. The summed E-state index contributed by atoms with van der Waals surface area (Å²) in [5.41, 5.74) is 2.20. The van der Waals surface area contributed by atoms with Gasteiger partial charge in [-0.3, -0.25) is 9.69 Å². The quantitative estimate of drug-likeness (QED) is 0.657. The highest BCUT2D eigenvalue weighted by Crippen LogP contribution is 2.21. The zero-order valence-corrected chi connectivity index (χ0v) is 12.7. The molecule has 0 unspecified atom stereocenters. The summed E-state index contributed by atoms with van der Waals surface area (Å²) in [5, 5.41) is 1.000. The summed E-state index contributed by atoms with van der Waals surface area (Å²) >= 11 is 0. The molecule has 1 fully saturated rings. The van der Waals surface area contributed by atoms with Gasteiger partial charge in [-0.2, -0.15) is 0 Å². The van der Waals surface area contributed by atoms with Crippen molar-refractivity contribution in [1.82, 2.24) is 14.8 Å². The Bertz CT molecular complexity index is 632. The Labute approximate surface area is 129 Å². The molecule has 4 nitrogen and oxygen atoms in total. The molecule has 0 bridgehead atoms. The molecule has 1 saturated heterocycles. The molecule has 0 spiro atoms. The van der Waals surface area contributed by atoms with E-state index in [0.29, 0.717) is 0 Å². The number of piperazine rings is 1. The van der Waals surface area contributed by atoms with Crippen molar-refractivity contribution in [2.45, 2.75) is 19.3 Å². The van der Waals surface area contributed by atoms with Crippen molar-refractivity contribution in [3.63, 3.8) is 0 Å². The van der Waals surface area contributed by atoms with Crippen molar-refractivity contribution >= 4 is 17.3 Å². The second kappa shape index (κ2) is 6.92. The van der Waals surface area contributed by atoms with Crippen LogP contribution in [0.5, 0.6) is 0 Å². The third kappa shape index (κ3) is 3.47. The summed E-state index contributed by atoms with van der Waals surface area (Å²) in [6.45, 7) is 4.69. The Morgan fingerprint density at radius 3 is 2.77 bits per heavy atom. The lowest BCUT2D eigenvalue weighted by atomic mass is 10.1. The molecule has 0 aliphatic carbocycles. The molecule has 2 aromatic rings. The number of benzene rings is 1. The van der Waals surface area contributed by atoms with Gasteiger partial charge in [0, 0.05) is 43.3 Å². The molecule has 0 saturated carbocycles. The Hall–Kier alpha value is -1.88. The predicted molar refractivity (Wildman–Crippen MR) is 85.3 cm³/mol. The Kier molecular flexibility index (Phi) is 4.73. The predicted octanol–water partition coefficient (Wildman–Crippen LogP) is 2.40. The highest BCUT2D eigenvalue weighted by molar-refractivity contribution is 5.83. The fourth-order valence-electron chi connectivity index (χ4n) is 3.10. The van der Waals surface area contributed by atoms with Crippen LogP contribution in [0.1, 0.15) is 18.4 Å². The van der Waals surface area contributed by atoms with Gasteiger partial charge in [0.25, 0.3) is 0 Å².